The highest BCUT2D eigenvalue weighted by molar-refractivity contribution is 4.92. The molecule has 0 saturated carbocycles. The van der Waals surface area contributed by atoms with E-state index in [0.29, 0.717) is 0 Å². The minimum atomic E-state index is 0.771. The Balaban J connectivity index is 1.62. The molecule has 0 bridgehead atoms. The number of piperazine rings is 1. The Hall–Kier alpha value is -0.120. The molecule has 3 heteroatoms. The van der Waals surface area contributed by atoms with Crippen molar-refractivity contribution in [2.75, 3.05) is 39.4 Å². The molecule has 0 amide bonds. The number of rotatable bonds is 3. The molecule has 0 N–H and O–H groups in total. The van der Waals surface area contributed by atoms with Crippen molar-refractivity contribution in [3.05, 3.63) is 0 Å². The number of hydrogen-bond donors (Lipinski definition) is 0. The van der Waals surface area contributed by atoms with Gasteiger partial charge in [-0.05, 0) is 44.1 Å². The molecule has 0 aromatic rings. The molecule has 116 valence electrons. The molecule has 0 spiro atoms. The van der Waals surface area contributed by atoms with Crippen molar-refractivity contribution in [2.45, 2.75) is 58.0 Å². The SMILES string of the molecule is CC(C)C1CN2CCCCC2CN1CC1CCOCC1. The third-order valence-electron chi connectivity index (χ3n) is 5.69. The van der Waals surface area contributed by atoms with Crippen molar-refractivity contribution >= 4 is 0 Å². The average molecular weight is 280 g/mol. The Labute approximate surface area is 124 Å². The first kappa shape index (κ1) is 14.8. The lowest BCUT2D eigenvalue weighted by atomic mass is 9.90. The van der Waals surface area contributed by atoms with Crippen molar-refractivity contribution in [2.24, 2.45) is 11.8 Å². The second kappa shape index (κ2) is 6.76. The molecule has 0 aliphatic carbocycles. The van der Waals surface area contributed by atoms with Gasteiger partial charge in [-0.2, -0.15) is 0 Å². The first-order valence-electron chi connectivity index (χ1n) is 8.80. The highest BCUT2D eigenvalue weighted by atomic mass is 16.5. The molecule has 3 saturated heterocycles. The largest absolute Gasteiger partial charge is 0.381 e. The Kier molecular flexibility index (Phi) is 5.00. The lowest BCUT2D eigenvalue weighted by Crippen LogP contribution is -2.61. The molecule has 2 atom stereocenters. The molecular weight excluding hydrogens is 248 g/mol. The summed E-state index contributed by atoms with van der Waals surface area (Å²) in [6, 6.07) is 1.62. The van der Waals surface area contributed by atoms with Crippen LogP contribution >= 0.6 is 0 Å². The molecule has 3 rings (SSSR count). The second-order valence-electron chi connectivity index (χ2n) is 7.47. The molecular formula is C17H32N2O. The molecule has 2 unspecified atom stereocenters. The van der Waals surface area contributed by atoms with Gasteiger partial charge in [-0.3, -0.25) is 9.80 Å². The molecule has 0 aromatic heterocycles. The van der Waals surface area contributed by atoms with Crippen molar-refractivity contribution in [1.82, 2.24) is 9.80 Å². The van der Waals surface area contributed by atoms with Crippen LogP contribution in [-0.2, 0) is 4.74 Å². The van der Waals surface area contributed by atoms with Crippen LogP contribution in [0.3, 0.4) is 0 Å². The fourth-order valence-electron chi connectivity index (χ4n) is 4.37. The topological polar surface area (TPSA) is 15.7 Å². The first-order valence-corrected chi connectivity index (χ1v) is 8.80. The molecule has 0 aromatic carbocycles. The van der Waals surface area contributed by atoms with Crippen LogP contribution in [0, 0.1) is 11.8 Å². The fraction of sp³-hybridized carbons (Fsp3) is 1.00. The summed E-state index contributed by atoms with van der Waals surface area (Å²) in [5, 5.41) is 0. The zero-order chi connectivity index (χ0) is 13.9. The summed E-state index contributed by atoms with van der Waals surface area (Å²) in [6.07, 6.45) is 6.83. The molecule has 3 nitrogen and oxygen atoms in total. The summed E-state index contributed by atoms with van der Waals surface area (Å²) < 4.78 is 5.52. The monoisotopic (exact) mass is 280 g/mol. The van der Waals surface area contributed by atoms with E-state index in [1.807, 2.05) is 0 Å². The molecule has 0 radical (unpaired) electrons. The van der Waals surface area contributed by atoms with Crippen molar-refractivity contribution in [3.63, 3.8) is 0 Å². The molecule has 3 aliphatic heterocycles. The first-order chi connectivity index (χ1) is 9.74. The van der Waals surface area contributed by atoms with E-state index >= 15 is 0 Å². The lowest BCUT2D eigenvalue weighted by Gasteiger charge is -2.50. The molecule has 3 fully saturated rings. The predicted molar refractivity (Wildman–Crippen MR) is 83.0 cm³/mol. The van der Waals surface area contributed by atoms with Crippen LogP contribution in [-0.4, -0.2) is 61.3 Å². The number of piperidine rings is 1. The summed E-state index contributed by atoms with van der Waals surface area (Å²) in [4.78, 5) is 5.63. The van der Waals surface area contributed by atoms with Gasteiger partial charge in [-0.15, -0.1) is 0 Å². The van der Waals surface area contributed by atoms with Gasteiger partial charge in [0.25, 0.3) is 0 Å². The van der Waals surface area contributed by atoms with E-state index < -0.39 is 0 Å². The van der Waals surface area contributed by atoms with Crippen LogP contribution in [0.4, 0.5) is 0 Å². The van der Waals surface area contributed by atoms with E-state index in [-0.39, 0.29) is 0 Å². The van der Waals surface area contributed by atoms with Gasteiger partial charge in [0.2, 0.25) is 0 Å². The van der Waals surface area contributed by atoms with Gasteiger partial charge in [0, 0.05) is 44.9 Å². The maximum atomic E-state index is 5.52. The van der Waals surface area contributed by atoms with Crippen LogP contribution in [0.1, 0.15) is 46.0 Å². The fourth-order valence-corrected chi connectivity index (χ4v) is 4.37. The van der Waals surface area contributed by atoms with E-state index in [1.165, 1.54) is 58.3 Å². The van der Waals surface area contributed by atoms with E-state index in [0.717, 1.165) is 37.1 Å². The summed E-state index contributed by atoms with van der Waals surface area (Å²) in [5.41, 5.74) is 0. The smallest absolute Gasteiger partial charge is 0.0469 e. The Morgan fingerprint density at radius 1 is 1.05 bits per heavy atom. The lowest BCUT2D eigenvalue weighted by molar-refractivity contribution is -0.0265. The molecule has 3 heterocycles. The zero-order valence-electron chi connectivity index (χ0n) is 13.4. The predicted octanol–water partition coefficient (Wildman–Crippen LogP) is 2.61. The maximum absolute atomic E-state index is 5.52. The highest BCUT2D eigenvalue weighted by Gasteiger charge is 2.36. The summed E-state index contributed by atoms with van der Waals surface area (Å²) in [5.74, 6) is 1.65. The number of ether oxygens (including phenoxy) is 1. The van der Waals surface area contributed by atoms with Crippen LogP contribution in [0.25, 0.3) is 0 Å². The van der Waals surface area contributed by atoms with Gasteiger partial charge in [-0.25, -0.2) is 0 Å². The van der Waals surface area contributed by atoms with Crippen molar-refractivity contribution in [1.29, 1.82) is 0 Å². The molecule has 20 heavy (non-hydrogen) atoms. The maximum Gasteiger partial charge on any atom is 0.0469 e. The van der Waals surface area contributed by atoms with Crippen molar-refractivity contribution in [3.8, 4) is 0 Å². The normalized spacial score (nSPS) is 34.4. The quantitative estimate of drug-likeness (QED) is 0.790. The summed E-state index contributed by atoms with van der Waals surface area (Å²) in [6.45, 7) is 12.1. The van der Waals surface area contributed by atoms with Crippen LogP contribution in [0.15, 0.2) is 0 Å². The number of fused-ring (bicyclic) bond motifs is 1. The van der Waals surface area contributed by atoms with E-state index in [2.05, 4.69) is 23.6 Å². The Morgan fingerprint density at radius 3 is 2.60 bits per heavy atom. The Morgan fingerprint density at radius 2 is 1.85 bits per heavy atom. The van der Waals surface area contributed by atoms with E-state index in [1.54, 1.807) is 0 Å². The van der Waals surface area contributed by atoms with E-state index in [4.69, 9.17) is 4.74 Å². The van der Waals surface area contributed by atoms with Crippen LogP contribution in [0.2, 0.25) is 0 Å². The Bertz CT molecular complexity index is 299. The summed E-state index contributed by atoms with van der Waals surface area (Å²) in [7, 11) is 0. The molecule has 3 aliphatic rings. The highest BCUT2D eigenvalue weighted by Crippen LogP contribution is 2.29. The van der Waals surface area contributed by atoms with E-state index in [9.17, 15) is 0 Å². The standard InChI is InChI=1S/C17H32N2O/c1-14(2)17-13-18-8-4-3-5-16(18)12-19(17)11-15-6-9-20-10-7-15/h14-17H,3-13H2,1-2H3. The summed E-state index contributed by atoms with van der Waals surface area (Å²) >= 11 is 0. The third kappa shape index (κ3) is 3.37. The van der Waals surface area contributed by atoms with Gasteiger partial charge >= 0.3 is 0 Å². The van der Waals surface area contributed by atoms with Gasteiger partial charge < -0.3 is 4.74 Å². The minimum absolute atomic E-state index is 0.771. The van der Waals surface area contributed by atoms with Gasteiger partial charge in [-0.1, -0.05) is 20.3 Å². The van der Waals surface area contributed by atoms with Crippen molar-refractivity contribution < 1.29 is 4.74 Å². The van der Waals surface area contributed by atoms with Gasteiger partial charge in [0.05, 0.1) is 0 Å². The number of hydrogen-bond acceptors (Lipinski definition) is 3. The third-order valence-corrected chi connectivity index (χ3v) is 5.69. The number of nitrogens with zero attached hydrogens (tertiary/aromatic N) is 2. The van der Waals surface area contributed by atoms with Crippen LogP contribution in [0.5, 0.6) is 0 Å². The average Bonchev–Trinajstić information content (AvgIpc) is 2.47. The van der Waals surface area contributed by atoms with Gasteiger partial charge in [0.1, 0.15) is 0 Å². The van der Waals surface area contributed by atoms with Crippen LogP contribution < -0.4 is 0 Å². The second-order valence-corrected chi connectivity index (χ2v) is 7.47. The van der Waals surface area contributed by atoms with Gasteiger partial charge in [0.15, 0.2) is 0 Å². The minimum Gasteiger partial charge on any atom is -0.381 e. The zero-order valence-corrected chi connectivity index (χ0v) is 13.4.